The van der Waals surface area contributed by atoms with E-state index in [1.807, 2.05) is 37.3 Å². The van der Waals surface area contributed by atoms with Gasteiger partial charge in [0, 0.05) is 44.8 Å². The summed E-state index contributed by atoms with van der Waals surface area (Å²) in [7, 11) is -3.73. The van der Waals surface area contributed by atoms with Crippen molar-refractivity contribution in [2.75, 3.05) is 50.8 Å². The van der Waals surface area contributed by atoms with Crippen LogP contribution in [0.25, 0.3) is 10.2 Å². The van der Waals surface area contributed by atoms with Crippen LogP contribution < -0.4 is 4.90 Å². The number of amides is 1. The Labute approximate surface area is 252 Å². The first-order chi connectivity index (χ1) is 20.3. The smallest absolute Gasteiger partial charge is 0.260 e. The molecule has 0 spiro atoms. The lowest BCUT2D eigenvalue weighted by Gasteiger charge is -2.27. The second-order valence-electron chi connectivity index (χ2n) is 10.6. The highest BCUT2D eigenvalue weighted by molar-refractivity contribution is 7.89. The fraction of sp³-hybridized carbons (Fsp3) is 0.375. The van der Waals surface area contributed by atoms with Crippen molar-refractivity contribution in [2.45, 2.75) is 38.6 Å². The number of aryl methyl sites for hydroxylation is 2. The summed E-state index contributed by atoms with van der Waals surface area (Å²) in [4.78, 5) is 23.0. The van der Waals surface area contributed by atoms with Crippen LogP contribution in [0.2, 0.25) is 0 Å². The highest BCUT2D eigenvalue weighted by Gasteiger charge is 2.26. The zero-order chi connectivity index (χ0) is 29.7. The van der Waals surface area contributed by atoms with E-state index in [9.17, 15) is 13.2 Å². The molecule has 1 aliphatic rings. The number of benzene rings is 3. The number of aromatic nitrogens is 1. The first-order valence-corrected chi connectivity index (χ1v) is 16.7. The summed E-state index contributed by atoms with van der Waals surface area (Å²) in [6, 6.07) is 20.0. The number of hydrogen-bond donors (Lipinski definition) is 0. The van der Waals surface area contributed by atoms with Crippen LogP contribution in [0.5, 0.6) is 0 Å². The molecule has 8 nitrogen and oxygen atoms in total. The number of morpholine rings is 1. The fourth-order valence-electron chi connectivity index (χ4n) is 5.07. The minimum absolute atomic E-state index is 0.168. The van der Waals surface area contributed by atoms with Gasteiger partial charge in [-0.05, 0) is 73.4 Å². The number of carbonyl (C=O) groups excluding carboxylic acids is 1. The van der Waals surface area contributed by atoms with Gasteiger partial charge in [0.25, 0.3) is 5.91 Å². The predicted molar refractivity (Wildman–Crippen MR) is 169 cm³/mol. The highest BCUT2D eigenvalue weighted by Crippen LogP contribution is 2.32. The number of anilines is 1. The number of carbonyl (C=O) groups is 1. The third-order valence-corrected chi connectivity index (χ3v) is 10.7. The summed E-state index contributed by atoms with van der Waals surface area (Å²) in [5, 5.41) is 0.652. The van der Waals surface area contributed by atoms with Gasteiger partial charge < -0.3 is 4.74 Å². The van der Waals surface area contributed by atoms with Crippen LogP contribution in [0.15, 0.2) is 71.6 Å². The van der Waals surface area contributed by atoms with Crippen molar-refractivity contribution in [3.8, 4) is 0 Å². The topological polar surface area (TPSA) is 83.1 Å². The van der Waals surface area contributed by atoms with Crippen LogP contribution in [-0.4, -0.2) is 74.5 Å². The van der Waals surface area contributed by atoms with Crippen molar-refractivity contribution in [1.82, 2.24) is 14.2 Å². The Balaban J connectivity index is 1.38. The van der Waals surface area contributed by atoms with Gasteiger partial charge in [0.1, 0.15) is 0 Å². The fourth-order valence-corrected chi connectivity index (χ4v) is 7.58. The summed E-state index contributed by atoms with van der Waals surface area (Å²) in [5.41, 5.74) is 4.58. The van der Waals surface area contributed by atoms with E-state index in [1.165, 1.54) is 33.3 Å². The molecule has 1 aromatic heterocycles. The lowest BCUT2D eigenvalue weighted by atomic mass is 10.1. The van der Waals surface area contributed by atoms with Gasteiger partial charge in [-0.3, -0.25) is 14.6 Å². The zero-order valence-electron chi connectivity index (χ0n) is 24.5. The minimum atomic E-state index is -3.73. The van der Waals surface area contributed by atoms with Crippen LogP contribution in [0.4, 0.5) is 5.13 Å². The molecule has 3 aromatic carbocycles. The van der Waals surface area contributed by atoms with Gasteiger partial charge in [0.05, 0.1) is 28.3 Å². The van der Waals surface area contributed by atoms with Crippen molar-refractivity contribution < 1.29 is 17.9 Å². The summed E-state index contributed by atoms with van der Waals surface area (Å²) in [6.45, 7) is 11.2. The third kappa shape index (κ3) is 6.90. The minimum Gasteiger partial charge on any atom is -0.379 e. The summed E-state index contributed by atoms with van der Waals surface area (Å²) in [6.07, 6.45) is 0.789. The normalized spacial score (nSPS) is 14.5. The number of sulfonamides is 1. The monoisotopic (exact) mass is 606 g/mol. The van der Waals surface area contributed by atoms with Crippen molar-refractivity contribution in [2.24, 2.45) is 0 Å². The number of fused-ring (bicyclic) bond motifs is 1. The van der Waals surface area contributed by atoms with E-state index in [1.54, 1.807) is 17.0 Å². The second-order valence-corrected chi connectivity index (χ2v) is 13.6. The third-order valence-electron chi connectivity index (χ3n) is 7.72. The Morgan fingerprint density at radius 2 is 1.69 bits per heavy atom. The molecule has 1 saturated heterocycles. The van der Waals surface area contributed by atoms with E-state index in [0.29, 0.717) is 23.8 Å². The van der Waals surface area contributed by atoms with Crippen LogP contribution >= 0.6 is 11.3 Å². The second kappa shape index (κ2) is 13.4. The van der Waals surface area contributed by atoms with Crippen molar-refractivity contribution >= 4 is 42.6 Å². The van der Waals surface area contributed by atoms with E-state index in [0.717, 1.165) is 60.6 Å². The van der Waals surface area contributed by atoms with Gasteiger partial charge in [-0.2, -0.15) is 4.31 Å². The first-order valence-electron chi connectivity index (χ1n) is 14.4. The highest BCUT2D eigenvalue weighted by atomic mass is 32.2. The van der Waals surface area contributed by atoms with E-state index in [4.69, 9.17) is 9.72 Å². The Kier molecular flexibility index (Phi) is 9.70. The molecule has 1 amide bonds. The molecule has 1 aliphatic heterocycles. The van der Waals surface area contributed by atoms with Gasteiger partial charge in [0.15, 0.2) is 5.13 Å². The van der Waals surface area contributed by atoms with E-state index in [-0.39, 0.29) is 17.3 Å². The predicted octanol–water partition coefficient (Wildman–Crippen LogP) is 5.49. The lowest BCUT2D eigenvalue weighted by Crippen LogP contribution is -2.39. The van der Waals surface area contributed by atoms with Gasteiger partial charge in [-0.15, -0.1) is 0 Å². The molecule has 0 bridgehead atoms. The average molecular weight is 607 g/mol. The van der Waals surface area contributed by atoms with Crippen LogP contribution in [0.1, 0.15) is 40.4 Å². The zero-order valence-corrected chi connectivity index (χ0v) is 26.1. The number of hydrogen-bond acceptors (Lipinski definition) is 7. The molecule has 0 N–H and O–H groups in total. The summed E-state index contributed by atoms with van der Waals surface area (Å²) >= 11 is 1.51. The lowest BCUT2D eigenvalue weighted by molar-refractivity contribution is 0.0376. The SMILES string of the molecule is CCN(Cc1ccccc1)S(=O)(=O)c1ccc(C(=O)N(CCCN2CCOCC2)c2nc3cc(C)c(C)cc3s2)cc1. The molecule has 2 heterocycles. The Morgan fingerprint density at radius 3 is 2.38 bits per heavy atom. The first kappa shape index (κ1) is 30.3. The Hall–Kier alpha value is -3.15. The van der Waals surface area contributed by atoms with E-state index < -0.39 is 10.0 Å². The standard InChI is InChI=1S/C32H38N4O4S2/c1-4-35(23-26-9-6-5-7-10-26)42(38,39)28-13-11-27(12-14-28)31(37)36(16-8-15-34-17-19-40-20-18-34)32-33-29-21-24(2)25(3)22-30(29)41-32/h5-7,9-14,21-22H,4,8,15-20,23H2,1-3H3. The number of ether oxygens (including phenoxy) is 1. The van der Waals surface area contributed by atoms with Crippen molar-refractivity contribution in [3.05, 3.63) is 89.0 Å². The molecule has 0 saturated carbocycles. The summed E-state index contributed by atoms with van der Waals surface area (Å²) in [5.74, 6) is -0.190. The van der Waals surface area contributed by atoms with Crippen LogP contribution in [-0.2, 0) is 21.3 Å². The molecule has 0 atom stereocenters. The molecule has 1 fully saturated rings. The van der Waals surface area contributed by atoms with Gasteiger partial charge in [-0.1, -0.05) is 48.6 Å². The van der Waals surface area contributed by atoms with Gasteiger partial charge in [-0.25, -0.2) is 13.4 Å². The van der Waals surface area contributed by atoms with Gasteiger partial charge in [0.2, 0.25) is 10.0 Å². The van der Waals surface area contributed by atoms with E-state index in [2.05, 4.69) is 30.9 Å². The molecule has 10 heteroatoms. The Morgan fingerprint density at radius 1 is 1.00 bits per heavy atom. The molecule has 222 valence electrons. The largest absolute Gasteiger partial charge is 0.379 e. The van der Waals surface area contributed by atoms with E-state index >= 15 is 0 Å². The Bertz CT molecular complexity index is 1580. The van der Waals surface area contributed by atoms with Gasteiger partial charge >= 0.3 is 0 Å². The molecular weight excluding hydrogens is 569 g/mol. The molecule has 0 radical (unpaired) electrons. The average Bonchev–Trinajstić information content (AvgIpc) is 3.41. The van der Waals surface area contributed by atoms with Crippen molar-refractivity contribution in [1.29, 1.82) is 0 Å². The maximum absolute atomic E-state index is 13.9. The van der Waals surface area contributed by atoms with Crippen molar-refractivity contribution in [3.63, 3.8) is 0 Å². The molecule has 0 unspecified atom stereocenters. The maximum atomic E-state index is 13.9. The van der Waals surface area contributed by atoms with Crippen LogP contribution in [0, 0.1) is 13.8 Å². The number of nitrogens with zero attached hydrogens (tertiary/aromatic N) is 4. The van der Waals surface area contributed by atoms with Crippen LogP contribution in [0.3, 0.4) is 0 Å². The molecule has 5 rings (SSSR count). The number of thiazole rings is 1. The maximum Gasteiger partial charge on any atom is 0.260 e. The molecular formula is C32H38N4O4S2. The summed E-state index contributed by atoms with van der Waals surface area (Å²) < 4.78 is 34.9. The molecule has 42 heavy (non-hydrogen) atoms. The molecule has 4 aromatic rings. The quantitative estimate of drug-likeness (QED) is 0.225. The molecule has 0 aliphatic carbocycles. The number of rotatable bonds is 11.